The van der Waals surface area contributed by atoms with Gasteiger partial charge in [-0.15, -0.1) is 0 Å². The van der Waals surface area contributed by atoms with Gasteiger partial charge < -0.3 is 15.7 Å². The Kier molecular flexibility index (Phi) is 3.68. The van der Waals surface area contributed by atoms with Crippen LogP contribution in [0.2, 0.25) is 0 Å². The molecule has 0 aliphatic carbocycles. The van der Waals surface area contributed by atoms with Crippen molar-refractivity contribution in [2.24, 2.45) is 0 Å². The van der Waals surface area contributed by atoms with Gasteiger partial charge in [-0.1, -0.05) is 12.1 Å². The summed E-state index contributed by atoms with van der Waals surface area (Å²) in [5.41, 5.74) is 7.70. The summed E-state index contributed by atoms with van der Waals surface area (Å²) in [6.45, 7) is 0.596. The number of carbonyl (C=O) groups excluding carboxylic acids is 1. The van der Waals surface area contributed by atoms with Crippen LogP contribution in [0, 0.1) is 0 Å². The molecule has 1 aromatic carbocycles. The first kappa shape index (κ1) is 15.9. The average molecular weight is 352 g/mol. The predicted molar refractivity (Wildman–Crippen MR) is 93.4 cm³/mol. The number of hydrogen-bond donors (Lipinski definition) is 4. The zero-order valence-corrected chi connectivity index (χ0v) is 13.7. The zero-order valence-electron chi connectivity index (χ0n) is 13.7. The Morgan fingerprint density at radius 2 is 2.12 bits per heavy atom. The van der Waals surface area contributed by atoms with E-state index in [-0.39, 0.29) is 29.7 Å². The van der Waals surface area contributed by atoms with Gasteiger partial charge in [0.2, 0.25) is 5.95 Å². The first-order chi connectivity index (χ1) is 12.5. The molecule has 132 valence electrons. The summed E-state index contributed by atoms with van der Waals surface area (Å²) in [6, 6.07) is 8.35. The average Bonchev–Trinajstić information content (AvgIpc) is 3.10. The molecule has 0 saturated carbocycles. The molecule has 0 saturated heterocycles. The van der Waals surface area contributed by atoms with Gasteiger partial charge in [0.15, 0.2) is 0 Å². The summed E-state index contributed by atoms with van der Waals surface area (Å²) in [4.78, 5) is 32.8. The van der Waals surface area contributed by atoms with Gasteiger partial charge in [0.25, 0.3) is 11.5 Å². The SMILES string of the molecule is Nc1nc2c(c(=O)[nH]1)CCN(C(=O)c1cc(-c3ccccc3O)n[nH]1)C2. The molecule has 2 aromatic heterocycles. The summed E-state index contributed by atoms with van der Waals surface area (Å²) < 4.78 is 0. The van der Waals surface area contributed by atoms with Gasteiger partial charge in [0.05, 0.1) is 17.9 Å². The number of aromatic nitrogens is 4. The number of rotatable bonds is 2. The molecule has 26 heavy (non-hydrogen) atoms. The Labute approximate surface area is 147 Å². The summed E-state index contributed by atoms with van der Waals surface area (Å²) in [5.74, 6) is -0.138. The van der Waals surface area contributed by atoms with E-state index in [2.05, 4.69) is 20.2 Å². The quantitative estimate of drug-likeness (QED) is 0.533. The molecule has 1 aliphatic rings. The van der Waals surface area contributed by atoms with Crippen LogP contribution in [0.25, 0.3) is 11.3 Å². The minimum atomic E-state index is -0.261. The standard InChI is InChI=1S/C17H16N6O3/c18-17-19-13-8-23(6-5-10(13)15(25)20-17)16(26)12-7-11(21-22-12)9-3-1-2-4-14(9)24/h1-4,7,24H,5-6,8H2,(H,21,22)(H3,18,19,20,25). The van der Waals surface area contributed by atoms with Gasteiger partial charge in [-0.3, -0.25) is 19.7 Å². The summed E-state index contributed by atoms with van der Waals surface area (Å²) in [5, 5.41) is 16.7. The highest BCUT2D eigenvalue weighted by Crippen LogP contribution is 2.27. The predicted octanol–water partition coefficient (Wildman–Crippen LogP) is 0.646. The van der Waals surface area contributed by atoms with Crippen molar-refractivity contribution in [2.45, 2.75) is 13.0 Å². The van der Waals surface area contributed by atoms with Crippen LogP contribution in [0.5, 0.6) is 5.75 Å². The van der Waals surface area contributed by atoms with E-state index in [4.69, 9.17) is 5.73 Å². The van der Waals surface area contributed by atoms with Crippen molar-refractivity contribution >= 4 is 11.9 Å². The number of aromatic hydroxyl groups is 1. The zero-order chi connectivity index (χ0) is 18.3. The third kappa shape index (κ3) is 2.69. The van der Waals surface area contributed by atoms with Crippen LogP contribution < -0.4 is 11.3 Å². The summed E-state index contributed by atoms with van der Waals surface area (Å²) in [6.07, 6.45) is 0.407. The Hall–Kier alpha value is -3.62. The number of benzene rings is 1. The maximum absolute atomic E-state index is 12.8. The molecule has 1 amide bonds. The van der Waals surface area contributed by atoms with E-state index in [9.17, 15) is 14.7 Å². The summed E-state index contributed by atoms with van der Waals surface area (Å²) >= 11 is 0. The number of nitrogens with zero attached hydrogens (tertiary/aromatic N) is 3. The van der Waals surface area contributed by atoms with E-state index in [1.807, 2.05) is 0 Å². The number of nitrogens with one attached hydrogen (secondary N) is 2. The molecule has 0 radical (unpaired) electrons. The van der Waals surface area contributed by atoms with E-state index in [0.717, 1.165) is 0 Å². The highest BCUT2D eigenvalue weighted by molar-refractivity contribution is 5.93. The molecule has 0 fully saturated rings. The minimum Gasteiger partial charge on any atom is -0.507 e. The number of phenolic OH excluding ortho intramolecular Hbond substituents is 1. The molecule has 0 bridgehead atoms. The van der Waals surface area contributed by atoms with Crippen molar-refractivity contribution in [3.63, 3.8) is 0 Å². The maximum atomic E-state index is 12.8. The van der Waals surface area contributed by atoms with Gasteiger partial charge in [-0.05, 0) is 24.6 Å². The van der Waals surface area contributed by atoms with Crippen molar-refractivity contribution < 1.29 is 9.90 Å². The molecule has 0 atom stereocenters. The maximum Gasteiger partial charge on any atom is 0.272 e. The second-order valence-electron chi connectivity index (χ2n) is 6.04. The van der Waals surface area contributed by atoms with Crippen LogP contribution in [0.4, 0.5) is 5.95 Å². The number of H-pyrrole nitrogens is 2. The second kappa shape index (κ2) is 6.03. The molecular formula is C17H16N6O3. The number of anilines is 1. The highest BCUT2D eigenvalue weighted by atomic mass is 16.3. The molecule has 1 aliphatic heterocycles. The minimum absolute atomic E-state index is 0.0337. The highest BCUT2D eigenvalue weighted by Gasteiger charge is 2.26. The van der Waals surface area contributed by atoms with Crippen LogP contribution in [0.15, 0.2) is 35.1 Å². The van der Waals surface area contributed by atoms with Gasteiger partial charge >= 0.3 is 0 Å². The Bertz CT molecular complexity index is 1050. The number of carbonyl (C=O) groups is 1. The lowest BCUT2D eigenvalue weighted by molar-refractivity contribution is 0.0725. The molecule has 9 heteroatoms. The first-order valence-electron chi connectivity index (χ1n) is 8.03. The number of nitrogen functional groups attached to an aromatic ring is 1. The lowest BCUT2D eigenvalue weighted by Gasteiger charge is -2.27. The summed E-state index contributed by atoms with van der Waals surface area (Å²) in [7, 11) is 0. The van der Waals surface area contributed by atoms with Crippen LogP contribution in [0.3, 0.4) is 0 Å². The van der Waals surface area contributed by atoms with Crippen LogP contribution in [-0.4, -0.2) is 42.6 Å². The lowest BCUT2D eigenvalue weighted by Crippen LogP contribution is -2.39. The van der Waals surface area contributed by atoms with Crippen molar-refractivity contribution in [1.82, 2.24) is 25.1 Å². The van der Waals surface area contributed by atoms with Gasteiger partial charge in [-0.25, -0.2) is 4.98 Å². The third-order valence-electron chi connectivity index (χ3n) is 4.37. The number of hydrogen-bond acceptors (Lipinski definition) is 6. The Balaban J connectivity index is 1.59. The van der Waals surface area contributed by atoms with Crippen molar-refractivity contribution in [3.8, 4) is 17.0 Å². The van der Waals surface area contributed by atoms with Crippen molar-refractivity contribution in [2.75, 3.05) is 12.3 Å². The Morgan fingerprint density at radius 1 is 1.31 bits per heavy atom. The van der Waals surface area contributed by atoms with Gasteiger partial charge in [0, 0.05) is 17.7 Å². The fraction of sp³-hybridized carbons (Fsp3) is 0.176. The topological polar surface area (TPSA) is 141 Å². The molecule has 3 aromatic rings. The molecule has 4 rings (SSSR count). The molecule has 3 heterocycles. The number of aromatic amines is 2. The van der Waals surface area contributed by atoms with Gasteiger partial charge in [0.1, 0.15) is 11.4 Å². The monoisotopic (exact) mass is 352 g/mol. The van der Waals surface area contributed by atoms with Gasteiger partial charge in [-0.2, -0.15) is 5.10 Å². The molecular weight excluding hydrogens is 336 g/mol. The number of phenols is 1. The number of amides is 1. The van der Waals surface area contributed by atoms with Crippen LogP contribution in [-0.2, 0) is 13.0 Å². The fourth-order valence-corrected chi connectivity index (χ4v) is 3.06. The second-order valence-corrected chi connectivity index (χ2v) is 6.04. The van der Waals surface area contributed by atoms with E-state index in [0.29, 0.717) is 41.2 Å². The fourth-order valence-electron chi connectivity index (χ4n) is 3.06. The largest absolute Gasteiger partial charge is 0.507 e. The van der Waals surface area contributed by atoms with Crippen LogP contribution in [0.1, 0.15) is 21.7 Å². The lowest BCUT2D eigenvalue weighted by atomic mass is 10.1. The normalized spacial score (nSPS) is 13.5. The van der Waals surface area contributed by atoms with E-state index in [1.165, 1.54) is 0 Å². The number of nitrogens with two attached hydrogens (primary N) is 1. The van der Waals surface area contributed by atoms with Crippen molar-refractivity contribution in [3.05, 3.63) is 57.6 Å². The van der Waals surface area contributed by atoms with E-state index in [1.54, 1.807) is 35.2 Å². The first-order valence-corrected chi connectivity index (χ1v) is 8.03. The van der Waals surface area contributed by atoms with Crippen LogP contribution >= 0.6 is 0 Å². The molecule has 0 unspecified atom stereocenters. The molecule has 9 nitrogen and oxygen atoms in total. The number of fused-ring (bicyclic) bond motifs is 1. The van der Waals surface area contributed by atoms with E-state index < -0.39 is 0 Å². The molecule has 5 N–H and O–H groups in total. The Morgan fingerprint density at radius 3 is 2.92 bits per heavy atom. The van der Waals surface area contributed by atoms with E-state index >= 15 is 0 Å². The smallest absolute Gasteiger partial charge is 0.272 e. The molecule has 0 spiro atoms. The third-order valence-corrected chi connectivity index (χ3v) is 4.37. The number of para-hydroxylation sites is 1. The van der Waals surface area contributed by atoms with Crippen molar-refractivity contribution in [1.29, 1.82) is 0 Å².